The van der Waals surface area contributed by atoms with Crippen LogP contribution in [0.25, 0.3) is 11.0 Å². The lowest BCUT2D eigenvalue weighted by molar-refractivity contribution is -0.137. The number of carbonyl (C=O) groups is 1. The second-order valence-electron chi connectivity index (χ2n) is 5.04. The summed E-state index contributed by atoms with van der Waals surface area (Å²) in [5.74, 6) is -0.850. The Bertz CT molecular complexity index is 1010. The number of fused-ring (bicyclic) bond motifs is 1. The maximum atomic E-state index is 12.8. The van der Waals surface area contributed by atoms with Gasteiger partial charge < -0.3 is 4.42 Å². The lowest BCUT2D eigenvalue weighted by Gasteiger charge is -2.08. The van der Waals surface area contributed by atoms with Gasteiger partial charge in [0, 0.05) is 16.0 Å². The van der Waals surface area contributed by atoms with E-state index in [1.54, 1.807) is 0 Å². The van der Waals surface area contributed by atoms with Crippen molar-refractivity contribution in [2.75, 3.05) is 0 Å². The molecule has 0 spiro atoms. The zero-order valence-electron chi connectivity index (χ0n) is 11.9. The number of alkyl halides is 3. The second kappa shape index (κ2) is 5.79. The van der Waals surface area contributed by atoms with Crippen LogP contribution in [0.15, 0.2) is 57.7 Å². The third-order valence-corrected chi connectivity index (χ3v) is 3.63. The monoisotopic (exact) mass is 352 g/mol. The first-order chi connectivity index (χ1) is 11.3. The van der Waals surface area contributed by atoms with Crippen molar-refractivity contribution in [2.24, 2.45) is 0 Å². The smallest absolute Gasteiger partial charge is 0.416 e. The lowest BCUT2D eigenvalue weighted by Crippen LogP contribution is -2.15. The summed E-state index contributed by atoms with van der Waals surface area (Å²) in [6.07, 6.45) is -4.59. The maximum Gasteiger partial charge on any atom is 0.416 e. The van der Waals surface area contributed by atoms with Gasteiger partial charge in [-0.15, -0.1) is 0 Å². The third-order valence-electron chi connectivity index (χ3n) is 3.39. The van der Waals surface area contributed by atoms with Crippen molar-refractivity contribution in [1.82, 2.24) is 0 Å². The molecule has 0 amide bonds. The fraction of sp³-hybridized carbons (Fsp3) is 0.0588. The van der Waals surface area contributed by atoms with E-state index < -0.39 is 23.1 Å². The van der Waals surface area contributed by atoms with Crippen molar-refractivity contribution >= 4 is 28.4 Å². The minimum absolute atomic E-state index is 0.227. The van der Waals surface area contributed by atoms with Gasteiger partial charge in [0.15, 0.2) is 5.78 Å². The van der Waals surface area contributed by atoms with Crippen molar-refractivity contribution in [3.63, 3.8) is 0 Å². The van der Waals surface area contributed by atoms with E-state index in [0.717, 1.165) is 12.1 Å². The van der Waals surface area contributed by atoms with Crippen LogP contribution in [-0.4, -0.2) is 5.78 Å². The molecule has 0 aliphatic heterocycles. The fourth-order valence-electron chi connectivity index (χ4n) is 2.24. The molecule has 24 heavy (non-hydrogen) atoms. The van der Waals surface area contributed by atoms with Gasteiger partial charge in [0.05, 0.1) is 5.56 Å². The van der Waals surface area contributed by atoms with E-state index in [4.69, 9.17) is 16.0 Å². The van der Waals surface area contributed by atoms with Crippen molar-refractivity contribution in [3.8, 4) is 0 Å². The van der Waals surface area contributed by atoms with Crippen molar-refractivity contribution in [2.45, 2.75) is 6.18 Å². The van der Waals surface area contributed by atoms with Crippen LogP contribution in [0.1, 0.15) is 21.5 Å². The topological polar surface area (TPSA) is 47.3 Å². The van der Waals surface area contributed by atoms with Gasteiger partial charge in [-0.1, -0.05) is 23.7 Å². The molecular formula is C17H8ClF3O3. The molecule has 0 saturated heterocycles. The van der Waals surface area contributed by atoms with Gasteiger partial charge in [0.25, 0.3) is 0 Å². The van der Waals surface area contributed by atoms with Gasteiger partial charge in [-0.25, -0.2) is 4.79 Å². The number of hydrogen-bond acceptors (Lipinski definition) is 3. The quantitative estimate of drug-likeness (QED) is 0.496. The molecule has 2 aromatic carbocycles. The van der Waals surface area contributed by atoms with Crippen LogP contribution in [0.3, 0.4) is 0 Å². The number of halogens is 4. The zero-order valence-corrected chi connectivity index (χ0v) is 12.6. The normalized spacial score (nSPS) is 11.7. The molecule has 0 fully saturated rings. The Balaban J connectivity index is 2.12. The molecule has 0 aliphatic carbocycles. The molecule has 0 N–H and O–H groups in total. The molecule has 0 atom stereocenters. The van der Waals surface area contributed by atoms with Crippen LogP contribution in [0, 0.1) is 0 Å². The van der Waals surface area contributed by atoms with Gasteiger partial charge in [-0.05, 0) is 36.4 Å². The number of rotatable bonds is 2. The summed E-state index contributed by atoms with van der Waals surface area (Å²) in [4.78, 5) is 24.4. The molecule has 0 aliphatic rings. The van der Waals surface area contributed by atoms with Crippen LogP contribution in [-0.2, 0) is 6.18 Å². The molecular weight excluding hydrogens is 345 g/mol. The van der Waals surface area contributed by atoms with E-state index >= 15 is 0 Å². The van der Waals surface area contributed by atoms with Crippen LogP contribution in [0.2, 0.25) is 5.02 Å². The van der Waals surface area contributed by atoms with Crippen LogP contribution in [0.4, 0.5) is 13.2 Å². The average molecular weight is 353 g/mol. The van der Waals surface area contributed by atoms with Gasteiger partial charge in [-0.2, -0.15) is 13.2 Å². The molecule has 0 radical (unpaired) electrons. The lowest BCUT2D eigenvalue weighted by atomic mass is 10.0. The first kappa shape index (κ1) is 16.3. The Morgan fingerprint density at radius 2 is 1.79 bits per heavy atom. The van der Waals surface area contributed by atoms with E-state index in [0.29, 0.717) is 16.5 Å². The SMILES string of the molecule is O=C(c1cccc(C(F)(F)F)c1)c1cc2cc(Cl)ccc2oc1=O. The summed E-state index contributed by atoms with van der Waals surface area (Å²) in [5, 5.41) is 0.770. The predicted molar refractivity (Wildman–Crippen MR) is 82.4 cm³/mol. The summed E-state index contributed by atoms with van der Waals surface area (Å²) >= 11 is 5.85. The van der Waals surface area contributed by atoms with Crippen LogP contribution >= 0.6 is 11.6 Å². The Hall–Kier alpha value is -2.60. The van der Waals surface area contributed by atoms with E-state index in [1.165, 1.54) is 30.3 Å². The maximum absolute atomic E-state index is 12.8. The van der Waals surface area contributed by atoms with E-state index in [2.05, 4.69) is 0 Å². The summed E-state index contributed by atoms with van der Waals surface area (Å²) in [5.41, 5.74) is -2.28. The molecule has 1 aromatic heterocycles. The Kier molecular flexibility index (Phi) is 3.93. The molecule has 3 nitrogen and oxygen atoms in total. The molecule has 0 saturated carbocycles. The second-order valence-corrected chi connectivity index (χ2v) is 5.47. The minimum Gasteiger partial charge on any atom is -0.422 e. The molecule has 7 heteroatoms. The highest BCUT2D eigenvalue weighted by atomic mass is 35.5. The number of carbonyl (C=O) groups excluding carboxylic acids is 1. The Morgan fingerprint density at radius 1 is 1.04 bits per heavy atom. The Labute approximate surface area is 138 Å². The van der Waals surface area contributed by atoms with Gasteiger partial charge >= 0.3 is 11.8 Å². The van der Waals surface area contributed by atoms with Gasteiger partial charge in [0.2, 0.25) is 0 Å². The van der Waals surface area contributed by atoms with E-state index in [9.17, 15) is 22.8 Å². The van der Waals surface area contributed by atoms with Gasteiger partial charge in [-0.3, -0.25) is 4.79 Å². The van der Waals surface area contributed by atoms with Crippen LogP contribution < -0.4 is 5.63 Å². The molecule has 0 unspecified atom stereocenters. The van der Waals surface area contributed by atoms with Crippen molar-refractivity contribution in [1.29, 1.82) is 0 Å². The largest absolute Gasteiger partial charge is 0.422 e. The minimum atomic E-state index is -4.59. The van der Waals surface area contributed by atoms with Crippen LogP contribution in [0.5, 0.6) is 0 Å². The zero-order chi connectivity index (χ0) is 17.5. The average Bonchev–Trinajstić information content (AvgIpc) is 2.53. The first-order valence-corrected chi connectivity index (χ1v) is 7.09. The highest BCUT2D eigenvalue weighted by molar-refractivity contribution is 6.31. The predicted octanol–water partition coefficient (Wildman–Crippen LogP) is 4.70. The highest BCUT2D eigenvalue weighted by Crippen LogP contribution is 2.30. The highest BCUT2D eigenvalue weighted by Gasteiger charge is 2.31. The molecule has 1 heterocycles. The third kappa shape index (κ3) is 3.05. The Morgan fingerprint density at radius 3 is 2.50 bits per heavy atom. The summed E-state index contributed by atoms with van der Waals surface area (Å²) in [7, 11) is 0. The fourth-order valence-corrected chi connectivity index (χ4v) is 2.43. The first-order valence-electron chi connectivity index (χ1n) is 6.71. The van der Waals surface area contributed by atoms with Gasteiger partial charge in [0.1, 0.15) is 11.1 Å². The van der Waals surface area contributed by atoms with Crippen molar-refractivity contribution in [3.05, 3.63) is 80.7 Å². The van der Waals surface area contributed by atoms with E-state index in [1.807, 2.05) is 0 Å². The summed E-state index contributed by atoms with van der Waals surface area (Å²) in [6.45, 7) is 0. The number of ketones is 1. The molecule has 122 valence electrons. The standard InChI is InChI=1S/C17H8ClF3O3/c18-12-4-5-14-10(7-12)8-13(16(23)24-14)15(22)9-2-1-3-11(6-9)17(19,20)21/h1-8H. The summed E-state index contributed by atoms with van der Waals surface area (Å²) in [6, 6.07) is 9.59. The molecule has 3 aromatic rings. The van der Waals surface area contributed by atoms with Crippen molar-refractivity contribution < 1.29 is 22.4 Å². The number of hydrogen-bond donors (Lipinski definition) is 0. The molecule has 0 bridgehead atoms. The molecule has 3 rings (SSSR count). The van der Waals surface area contributed by atoms with E-state index in [-0.39, 0.29) is 16.7 Å². The number of benzene rings is 2. The summed E-state index contributed by atoms with van der Waals surface area (Å²) < 4.78 is 43.3.